The van der Waals surface area contributed by atoms with Gasteiger partial charge in [-0.15, -0.1) is 0 Å². The molecule has 1 aromatic carbocycles. The number of nitrogen functional groups attached to an aromatic ring is 1. The maximum atomic E-state index is 12.7. The second kappa shape index (κ2) is 6.52. The molecule has 1 aliphatic heterocycles. The SMILES string of the molecule is Cc1cc(Cl)c(N)cc1S(=O)(=O)N(C)CC1CCCCO1. The number of aryl methyl sites for hydroxylation is 1. The number of nitrogens with zero attached hydrogens (tertiary/aromatic N) is 1. The predicted molar refractivity (Wildman–Crippen MR) is 84.0 cm³/mol. The minimum atomic E-state index is -3.59. The van der Waals surface area contributed by atoms with Crippen LogP contribution in [-0.4, -0.2) is 39.0 Å². The maximum absolute atomic E-state index is 12.7. The van der Waals surface area contributed by atoms with Crippen molar-refractivity contribution in [3.05, 3.63) is 22.7 Å². The van der Waals surface area contributed by atoms with E-state index in [1.54, 1.807) is 20.0 Å². The summed E-state index contributed by atoms with van der Waals surface area (Å²) in [6.45, 7) is 2.76. The molecule has 1 heterocycles. The number of nitrogens with two attached hydrogens (primary N) is 1. The minimum absolute atomic E-state index is 0.0384. The summed E-state index contributed by atoms with van der Waals surface area (Å²) in [6.07, 6.45) is 2.97. The first-order valence-electron chi connectivity index (χ1n) is 6.96. The molecular weight excluding hydrogens is 312 g/mol. The Labute approximate surface area is 131 Å². The van der Waals surface area contributed by atoms with Crippen molar-refractivity contribution in [1.29, 1.82) is 0 Å². The number of anilines is 1. The number of sulfonamides is 1. The van der Waals surface area contributed by atoms with Gasteiger partial charge in [0, 0.05) is 20.2 Å². The lowest BCUT2D eigenvalue weighted by molar-refractivity contribution is 0.00858. The molecule has 1 aliphatic rings. The predicted octanol–water partition coefficient (Wildman–Crippen LogP) is 2.42. The lowest BCUT2D eigenvalue weighted by atomic mass is 10.1. The molecule has 5 nitrogen and oxygen atoms in total. The lowest BCUT2D eigenvalue weighted by Crippen LogP contribution is -2.37. The van der Waals surface area contributed by atoms with E-state index >= 15 is 0 Å². The van der Waals surface area contributed by atoms with Crippen LogP contribution in [0.2, 0.25) is 5.02 Å². The fourth-order valence-corrected chi connectivity index (χ4v) is 4.11. The Morgan fingerprint density at radius 2 is 2.14 bits per heavy atom. The Morgan fingerprint density at radius 3 is 2.76 bits per heavy atom. The molecule has 0 saturated carbocycles. The Balaban J connectivity index is 2.22. The van der Waals surface area contributed by atoms with Crippen LogP contribution in [-0.2, 0) is 14.8 Å². The first-order valence-corrected chi connectivity index (χ1v) is 8.77. The van der Waals surface area contributed by atoms with Crippen LogP contribution in [0.4, 0.5) is 5.69 Å². The standard InChI is InChI=1S/C14H21ClN2O3S/c1-10-7-12(15)13(16)8-14(10)21(18,19)17(2)9-11-5-3-4-6-20-11/h7-8,11H,3-6,9,16H2,1-2H3. The van der Waals surface area contributed by atoms with Crippen LogP contribution in [0.3, 0.4) is 0 Å². The van der Waals surface area contributed by atoms with Gasteiger partial charge in [-0.05, 0) is 43.9 Å². The summed E-state index contributed by atoms with van der Waals surface area (Å²) in [7, 11) is -2.03. The number of halogens is 1. The fourth-order valence-electron chi connectivity index (χ4n) is 2.45. The summed E-state index contributed by atoms with van der Waals surface area (Å²) in [5.41, 5.74) is 6.59. The van der Waals surface area contributed by atoms with Gasteiger partial charge in [0.2, 0.25) is 10.0 Å². The van der Waals surface area contributed by atoms with Crippen molar-refractivity contribution in [3.8, 4) is 0 Å². The zero-order chi connectivity index (χ0) is 15.6. The molecule has 0 bridgehead atoms. The molecule has 0 aliphatic carbocycles. The van der Waals surface area contributed by atoms with E-state index < -0.39 is 10.0 Å². The summed E-state index contributed by atoms with van der Waals surface area (Å²) in [4.78, 5) is 0.197. The summed E-state index contributed by atoms with van der Waals surface area (Å²) in [5.74, 6) is 0. The Morgan fingerprint density at radius 1 is 1.43 bits per heavy atom. The summed E-state index contributed by atoms with van der Waals surface area (Å²) in [5, 5.41) is 0.365. The van der Waals surface area contributed by atoms with Crippen LogP contribution >= 0.6 is 11.6 Å². The molecule has 0 spiro atoms. The summed E-state index contributed by atoms with van der Waals surface area (Å²) >= 11 is 5.92. The smallest absolute Gasteiger partial charge is 0.243 e. The Kier molecular flexibility index (Phi) is 5.14. The molecule has 1 aromatic rings. The number of hydrogen-bond donors (Lipinski definition) is 1. The zero-order valence-electron chi connectivity index (χ0n) is 12.3. The first kappa shape index (κ1) is 16.5. The second-order valence-corrected chi connectivity index (χ2v) is 7.83. The van der Waals surface area contributed by atoms with E-state index in [4.69, 9.17) is 22.1 Å². The van der Waals surface area contributed by atoms with E-state index in [9.17, 15) is 8.42 Å². The summed E-state index contributed by atoms with van der Waals surface area (Å²) in [6, 6.07) is 3.00. The van der Waals surface area contributed by atoms with Crippen molar-refractivity contribution in [2.45, 2.75) is 37.2 Å². The molecule has 7 heteroatoms. The first-order chi connectivity index (χ1) is 9.82. The van der Waals surface area contributed by atoms with Crippen LogP contribution < -0.4 is 5.73 Å². The molecule has 1 unspecified atom stereocenters. The van der Waals surface area contributed by atoms with E-state index in [0.717, 1.165) is 19.3 Å². The van der Waals surface area contributed by atoms with E-state index in [-0.39, 0.29) is 16.7 Å². The number of benzene rings is 1. The molecule has 21 heavy (non-hydrogen) atoms. The van der Waals surface area contributed by atoms with Gasteiger partial charge in [-0.1, -0.05) is 11.6 Å². The number of ether oxygens (including phenoxy) is 1. The van der Waals surface area contributed by atoms with Crippen molar-refractivity contribution in [2.24, 2.45) is 0 Å². The van der Waals surface area contributed by atoms with Gasteiger partial charge in [0.15, 0.2) is 0 Å². The number of likely N-dealkylation sites (N-methyl/N-ethyl adjacent to an activating group) is 1. The molecule has 1 saturated heterocycles. The largest absolute Gasteiger partial charge is 0.397 e. The highest BCUT2D eigenvalue weighted by molar-refractivity contribution is 7.89. The topological polar surface area (TPSA) is 72.6 Å². The lowest BCUT2D eigenvalue weighted by Gasteiger charge is -2.27. The van der Waals surface area contributed by atoms with Crippen LogP contribution in [0.25, 0.3) is 0 Å². The molecular formula is C14H21ClN2O3S. The van der Waals surface area contributed by atoms with Crippen LogP contribution in [0, 0.1) is 6.92 Å². The third-order valence-electron chi connectivity index (χ3n) is 3.72. The van der Waals surface area contributed by atoms with Crippen molar-refractivity contribution in [2.75, 3.05) is 25.9 Å². The van der Waals surface area contributed by atoms with E-state index in [1.807, 2.05) is 0 Å². The Bertz CT molecular complexity index is 613. The zero-order valence-corrected chi connectivity index (χ0v) is 13.9. The van der Waals surface area contributed by atoms with Gasteiger partial charge in [0.05, 0.1) is 21.7 Å². The maximum Gasteiger partial charge on any atom is 0.243 e. The molecule has 0 radical (unpaired) electrons. The number of rotatable bonds is 4. The van der Waals surface area contributed by atoms with Crippen molar-refractivity contribution in [3.63, 3.8) is 0 Å². The van der Waals surface area contributed by atoms with E-state index in [0.29, 0.717) is 23.7 Å². The van der Waals surface area contributed by atoms with E-state index in [2.05, 4.69) is 0 Å². The van der Waals surface area contributed by atoms with Crippen LogP contribution in [0.15, 0.2) is 17.0 Å². The van der Waals surface area contributed by atoms with Gasteiger partial charge in [-0.3, -0.25) is 0 Å². The molecule has 0 aromatic heterocycles. The average Bonchev–Trinajstić information content (AvgIpc) is 2.43. The molecule has 2 N–H and O–H groups in total. The van der Waals surface area contributed by atoms with E-state index in [1.165, 1.54) is 10.4 Å². The monoisotopic (exact) mass is 332 g/mol. The molecule has 1 atom stereocenters. The second-order valence-electron chi connectivity index (χ2n) is 5.41. The van der Waals surface area contributed by atoms with Gasteiger partial charge in [-0.25, -0.2) is 8.42 Å². The van der Waals surface area contributed by atoms with Crippen molar-refractivity contribution in [1.82, 2.24) is 4.31 Å². The highest BCUT2D eigenvalue weighted by Gasteiger charge is 2.27. The Hall–Kier alpha value is -0.820. The van der Waals surface area contributed by atoms with Gasteiger partial charge in [-0.2, -0.15) is 4.31 Å². The third-order valence-corrected chi connectivity index (χ3v) is 6.01. The van der Waals surface area contributed by atoms with Gasteiger partial charge >= 0.3 is 0 Å². The fraction of sp³-hybridized carbons (Fsp3) is 0.571. The highest BCUT2D eigenvalue weighted by atomic mass is 35.5. The molecule has 2 rings (SSSR count). The van der Waals surface area contributed by atoms with Crippen LogP contribution in [0.5, 0.6) is 0 Å². The molecule has 0 amide bonds. The average molecular weight is 333 g/mol. The third kappa shape index (κ3) is 3.69. The van der Waals surface area contributed by atoms with Gasteiger partial charge < -0.3 is 10.5 Å². The highest BCUT2D eigenvalue weighted by Crippen LogP contribution is 2.28. The van der Waals surface area contributed by atoms with Crippen molar-refractivity contribution < 1.29 is 13.2 Å². The summed E-state index contributed by atoms with van der Waals surface area (Å²) < 4.78 is 32.3. The van der Waals surface area contributed by atoms with Gasteiger partial charge in [0.1, 0.15) is 0 Å². The minimum Gasteiger partial charge on any atom is -0.397 e. The normalized spacial score (nSPS) is 19.9. The van der Waals surface area contributed by atoms with Crippen molar-refractivity contribution >= 4 is 27.3 Å². The number of hydrogen-bond acceptors (Lipinski definition) is 4. The quantitative estimate of drug-likeness (QED) is 0.859. The van der Waals surface area contributed by atoms with Crippen LogP contribution in [0.1, 0.15) is 24.8 Å². The molecule has 1 fully saturated rings. The van der Waals surface area contributed by atoms with Gasteiger partial charge in [0.25, 0.3) is 0 Å². The molecule has 118 valence electrons.